The maximum atomic E-state index is 12.6. The van der Waals surface area contributed by atoms with Crippen LogP contribution in [0.2, 0.25) is 0 Å². The molecule has 2 aromatic rings. The third-order valence-corrected chi connectivity index (χ3v) is 5.52. The van der Waals surface area contributed by atoms with Gasteiger partial charge in [0, 0.05) is 17.3 Å². The number of alkyl halides is 3. The number of hydrogen-bond donors (Lipinski definition) is 2. The first kappa shape index (κ1) is 18.6. The number of carboxylic acid groups (broad SMARTS) is 1. The molecule has 2 atom stereocenters. The molecule has 6 heteroatoms. The van der Waals surface area contributed by atoms with Gasteiger partial charge < -0.3 is 10.4 Å². The van der Waals surface area contributed by atoms with E-state index in [-0.39, 0.29) is 17.5 Å². The SMILES string of the molecule is O=C(O)C1CCC2=Cc3cccc(-c4ccc(CC(F)(F)F)cc4)c3NC2C1. The Labute approximate surface area is 160 Å². The standard InChI is InChI=1S/C22H20F3NO2/c23-22(24,25)12-13-4-6-14(7-5-13)18-3-1-2-16-10-15-8-9-17(21(27)28)11-19(15)26-20(16)18/h1-7,10,17,19,26H,8-9,11-12H2,(H,27,28). The minimum absolute atomic E-state index is 0.0204. The summed E-state index contributed by atoms with van der Waals surface area (Å²) >= 11 is 0. The van der Waals surface area contributed by atoms with Gasteiger partial charge in [-0.05, 0) is 41.5 Å². The molecule has 28 heavy (non-hydrogen) atoms. The van der Waals surface area contributed by atoms with Gasteiger partial charge in [0.05, 0.1) is 12.3 Å². The van der Waals surface area contributed by atoms with Gasteiger partial charge in [0.2, 0.25) is 0 Å². The largest absolute Gasteiger partial charge is 0.481 e. The number of anilines is 1. The smallest absolute Gasteiger partial charge is 0.393 e. The molecular weight excluding hydrogens is 367 g/mol. The summed E-state index contributed by atoms with van der Waals surface area (Å²) in [5.41, 5.74) is 5.11. The predicted molar refractivity (Wildman–Crippen MR) is 102 cm³/mol. The second-order valence-corrected chi connectivity index (χ2v) is 7.48. The number of nitrogens with one attached hydrogen (secondary N) is 1. The molecule has 0 radical (unpaired) electrons. The summed E-state index contributed by atoms with van der Waals surface area (Å²) in [6.07, 6.45) is -1.10. The molecule has 2 unspecified atom stereocenters. The van der Waals surface area contributed by atoms with Crippen LogP contribution in [0.3, 0.4) is 0 Å². The fourth-order valence-corrected chi connectivity index (χ4v) is 4.12. The third-order valence-electron chi connectivity index (χ3n) is 5.52. The summed E-state index contributed by atoms with van der Waals surface area (Å²) in [6, 6.07) is 12.3. The zero-order valence-corrected chi connectivity index (χ0v) is 15.1. The maximum absolute atomic E-state index is 12.6. The minimum atomic E-state index is -4.22. The first-order valence-corrected chi connectivity index (χ1v) is 9.29. The minimum Gasteiger partial charge on any atom is -0.481 e. The van der Waals surface area contributed by atoms with Gasteiger partial charge >= 0.3 is 12.1 Å². The number of rotatable bonds is 3. The van der Waals surface area contributed by atoms with E-state index in [9.17, 15) is 23.1 Å². The van der Waals surface area contributed by atoms with Crippen molar-refractivity contribution in [3.05, 3.63) is 59.2 Å². The Morgan fingerprint density at radius 1 is 1.14 bits per heavy atom. The first-order valence-electron chi connectivity index (χ1n) is 9.29. The average Bonchev–Trinajstić information content (AvgIpc) is 2.65. The van der Waals surface area contributed by atoms with Gasteiger partial charge in [0.1, 0.15) is 0 Å². The number of carbonyl (C=O) groups is 1. The Kier molecular flexibility index (Phi) is 4.65. The van der Waals surface area contributed by atoms with Crippen LogP contribution in [0.25, 0.3) is 17.2 Å². The van der Waals surface area contributed by atoms with E-state index in [4.69, 9.17) is 0 Å². The van der Waals surface area contributed by atoms with Crippen molar-refractivity contribution in [1.82, 2.24) is 0 Å². The van der Waals surface area contributed by atoms with Crippen molar-refractivity contribution < 1.29 is 23.1 Å². The van der Waals surface area contributed by atoms with E-state index in [1.54, 1.807) is 12.1 Å². The Hall–Kier alpha value is -2.76. The van der Waals surface area contributed by atoms with Gasteiger partial charge in [-0.3, -0.25) is 4.79 Å². The lowest BCUT2D eigenvalue weighted by Gasteiger charge is -2.35. The highest BCUT2D eigenvalue weighted by Gasteiger charge is 2.33. The van der Waals surface area contributed by atoms with Crippen LogP contribution in [-0.2, 0) is 11.2 Å². The lowest BCUT2D eigenvalue weighted by Crippen LogP contribution is -2.34. The third kappa shape index (κ3) is 3.77. The molecule has 1 aliphatic heterocycles. The van der Waals surface area contributed by atoms with Gasteiger partial charge in [0.25, 0.3) is 0 Å². The van der Waals surface area contributed by atoms with Crippen LogP contribution in [0.15, 0.2) is 48.0 Å². The molecule has 4 rings (SSSR count). The lowest BCUT2D eigenvalue weighted by atomic mass is 9.79. The Morgan fingerprint density at radius 3 is 2.57 bits per heavy atom. The highest BCUT2D eigenvalue weighted by atomic mass is 19.4. The van der Waals surface area contributed by atoms with Crippen molar-refractivity contribution in [2.45, 2.75) is 37.9 Å². The molecule has 0 bridgehead atoms. The fourth-order valence-electron chi connectivity index (χ4n) is 4.12. The van der Waals surface area contributed by atoms with Gasteiger partial charge in [-0.2, -0.15) is 13.2 Å². The number of carboxylic acids is 1. The van der Waals surface area contributed by atoms with Gasteiger partial charge in [-0.25, -0.2) is 0 Å². The van der Waals surface area contributed by atoms with Crippen molar-refractivity contribution in [1.29, 1.82) is 0 Å². The summed E-state index contributed by atoms with van der Waals surface area (Å²) < 4.78 is 37.7. The van der Waals surface area contributed by atoms with Gasteiger partial charge in [-0.15, -0.1) is 0 Å². The molecule has 2 N–H and O–H groups in total. The quantitative estimate of drug-likeness (QED) is 0.729. The summed E-state index contributed by atoms with van der Waals surface area (Å²) in [4.78, 5) is 11.4. The van der Waals surface area contributed by atoms with E-state index in [1.807, 2.05) is 18.2 Å². The zero-order chi connectivity index (χ0) is 19.9. The molecule has 1 fully saturated rings. The highest BCUT2D eigenvalue weighted by molar-refractivity contribution is 5.88. The summed E-state index contributed by atoms with van der Waals surface area (Å²) in [5, 5.41) is 12.8. The first-order chi connectivity index (χ1) is 13.3. The molecule has 2 aliphatic rings. The van der Waals surface area contributed by atoms with Crippen molar-refractivity contribution in [3.8, 4) is 11.1 Å². The van der Waals surface area contributed by atoms with E-state index < -0.39 is 18.6 Å². The average molecular weight is 387 g/mol. The van der Waals surface area contributed by atoms with Crippen LogP contribution >= 0.6 is 0 Å². The van der Waals surface area contributed by atoms with E-state index in [0.29, 0.717) is 12.8 Å². The number of halogens is 3. The van der Waals surface area contributed by atoms with Crippen LogP contribution in [0, 0.1) is 5.92 Å². The molecule has 0 spiro atoms. The topological polar surface area (TPSA) is 49.3 Å². The molecule has 0 aromatic heterocycles. The van der Waals surface area contributed by atoms with Crippen LogP contribution in [0.1, 0.15) is 30.4 Å². The molecule has 1 saturated carbocycles. The van der Waals surface area contributed by atoms with Gasteiger partial charge in [-0.1, -0.05) is 48.5 Å². The van der Waals surface area contributed by atoms with E-state index in [0.717, 1.165) is 28.8 Å². The number of hydrogen-bond acceptors (Lipinski definition) is 2. The molecule has 0 amide bonds. The van der Waals surface area contributed by atoms with Crippen LogP contribution in [-0.4, -0.2) is 23.3 Å². The van der Waals surface area contributed by atoms with E-state index >= 15 is 0 Å². The van der Waals surface area contributed by atoms with Gasteiger partial charge in [0.15, 0.2) is 0 Å². The predicted octanol–water partition coefficient (Wildman–Crippen LogP) is 5.52. The summed E-state index contributed by atoms with van der Waals surface area (Å²) in [5.74, 6) is -1.12. The van der Waals surface area contributed by atoms with Crippen LogP contribution in [0.4, 0.5) is 18.9 Å². The van der Waals surface area contributed by atoms with E-state index in [2.05, 4.69) is 11.4 Å². The Morgan fingerprint density at radius 2 is 1.89 bits per heavy atom. The van der Waals surface area contributed by atoms with E-state index in [1.165, 1.54) is 17.7 Å². The summed E-state index contributed by atoms with van der Waals surface area (Å²) in [7, 11) is 0. The molecule has 1 heterocycles. The number of para-hydroxylation sites is 1. The van der Waals surface area contributed by atoms with Crippen LogP contribution < -0.4 is 5.32 Å². The second kappa shape index (κ2) is 7.00. The normalized spacial score (nSPS) is 21.2. The number of fused-ring (bicyclic) bond motifs is 2. The Balaban J connectivity index is 1.64. The van der Waals surface area contributed by atoms with Crippen LogP contribution in [0.5, 0.6) is 0 Å². The molecule has 3 nitrogen and oxygen atoms in total. The van der Waals surface area contributed by atoms with Crippen molar-refractivity contribution in [2.24, 2.45) is 5.92 Å². The summed E-state index contributed by atoms with van der Waals surface area (Å²) in [6.45, 7) is 0. The molecule has 1 aliphatic carbocycles. The lowest BCUT2D eigenvalue weighted by molar-refractivity contribution is -0.142. The number of aliphatic carboxylic acids is 1. The molecule has 2 aromatic carbocycles. The number of benzene rings is 2. The fraction of sp³-hybridized carbons (Fsp3) is 0.318. The van der Waals surface area contributed by atoms with Crippen molar-refractivity contribution in [3.63, 3.8) is 0 Å². The maximum Gasteiger partial charge on any atom is 0.393 e. The highest BCUT2D eigenvalue weighted by Crippen LogP contribution is 2.41. The molecular formula is C22H20F3NO2. The monoisotopic (exact) mass is 387 g/mol. The van der Waals surface area contributed by atoms with Crippen molar-refractivity contribution in [2.75, 3.05) is 5.32 Å². The molecule has 0 saturated heterocycles. The Bertz CT molecular complexity index is 932. The van der Waals surface area contributed by atoms with Crippen molar-refractivity contribution >= 4 is 17.7 Å². The molecule has 146 valence electrons. The second-order valence-electron chi connectivity index (χ2n) is 7.48. The zero-order valence-electron chi connectivity index (χ0n) is 15.1.